The Morgan fingerprint density at radius 2 is 1.75 bits per heavy atom. The molecule has 0 saturated carbocycles. The van der Waals surface area contributed by atoms with Crippen molar-refractivity contribution in [1.29, 1.82) is 5.26 Å². The fraction of sp³-hybridized carbons (Fsp3) is 0.190. The lowest BCUT2D eigenvalue weighted by atomic mass is 10.0. The van der Waals surface area contributed by atoms with Gasteiger partial charge in [-0.3, -0.25) is 9.59 Å². The normalized spacial score (nSPS) is 14.2. The Kier molecular flexibility index (Phi) is 5.05. The third-order valence-corrected chi connectivity index (χ3v) is 4.45. The van der Waals surface area contributed by atoms with Crippen LogP contribution in [0.5, 0.6) is 11.5 Å². The Balaban J connectivity index is 2.28. The highest BCUT2D eigenvalue weighted by atomic mass is 16.5. The first-order chi connectivity index (χ1) is 13.5. The van der Waals surface area contributed by atoms with Crippen molar-refractivity contribution in [2.24, 2.45) is 0 Å². The number of anilines is 1. The molecular weight excluding hydrogens is 360 g/mol. The summed E-state index contributed by atoms with van der Waals surface area (Å²) in [6.07, 6.45) is 0. The summed E-state index contributed by atoms with van der Waals surface area (Å²) >= 11 is 0. The second-order valence-electron chi connectivity index (χ2n) is 5.98. The molecule has 2 amide bonds. The van der Waals surface area contributed by atoms with E-state index in [1.807, 2.05) is 6.07 Å². The molecule has 0 saturated heterocycles. The Bertz CT molecular complexity index is 1050. The molecule has 0 N–H and O–H groups in total. The van der Waals surface area contributed by atoms with Crippen LogP contribution < -0.4 is 14.4 Å². The summed E-state index contributed by atoms with van der Waals surface area (Å²) in [5, 5.41) is 9.17. The van der Waals surface area contributed by atoms with Gasteiger partial charge in [0, 0.05) is 18.1 Å². The molecule has 3 rings (SSSR count). The molecule has 0 unspecified atom stereocenters. The Morgan fingerprint density at radius 1 is 1.04 bits per heavy atom. The lowest BCUT2D eigenvalue weighted by Crippen LogP contribution is -2.31. The van der Waals surface area contributed by atoms with E-state index in [0.29, 0.717) is 39.6 Å². The first kappa shape index (κ1) is 19.0. The van der Waals surface area contributed by atoms with Gasteiger partial charge in [0.1, 0.15) is 5.76 Å². The van der Waals surface area contributed by atoms with Crippen LogP contribution in [0.25, 0.3) is 11.3 Å². The average molecular weight is 378 g/mol. The van der Waals surface area contributed by atoms with Crippen LogP contribution in [0, 0.1) is 11.3 Å². The number of methoxy groups -OCH3 is 3. The Hall–Kier alpha value is -3.79. The molecule has 1 aliphatic heterocycles. The summed E-state index contributed by atoms with van der Waals surface area (Å²) < 4.78 is 16.1. The molecule has 2 aromatic rings. The van der Waals surface area contributed by atoms with Gasteiger partial charge >= 0.3 is 0 Å². The van der Waals surface area contributed by atoms with E-state index in [4.69, 9.17) is 19.5 Å². The summed E-state index contributed by atoms with van der Waals surface area (Å²) in [5.74, 6) is 0.349. The number of fused-ring (bicyclic) bond motifs is 1. The van der Waals surface area contributed by atoms with E-state index in [1.54, 1.807) is 30.3 Å². The molecule has 7 heteroatoms. The third kappa shape index (κ3) is 2.95. The minimum atomic E-state index is -0.510. The van der Waals surface area contributed by atoms with Crippen LogP contribution >= 0.6 is 0 Å². The highest BCUT2D eigenvalue weighted by Crippen LogP contribution is 2.42. The maximum absolute atomic E-state index is 13.1. The molecule has 1 heterocycles. The molecule has 0 aliphatic carbocycles. The van der Waals surface area contributed by atoms with Crippen molar-refractivity contribution in [3.63, 3.8) is 0 Å². The van der Waals surface area contributed by atoms with Gasteiger partial charge in [0.05, 0.1) is 44.2 Å². The van der Waals surface area contributed by atoms with E-state index in [0.717, 1.165) is 4.90 Å². The molecular formula is C21H18N2O5. The van der Waals surface area contributed by atoms with Crippen LogP contribution in [0.2, 0.25) is 0 Å². The highest BCUT2D eigenvalue weighted by molar-refractivity contribution is 6.42. The number of rotatable bonds is 4. The molecule has 1 aliphatic rings. The zero-order valence-corrected chi connectivity index (χ0v) is 15.9. The Labute approximate surface area is 162 Å². The number of carbonyl (C=O) groups excluding carboxylic acids is 2. The molecule has 7 nitrogen and oxygen atoms in total. The largest absolute Gasteiger partial charge is 0.495 e. The van der Waals surface area contributed by atoms with Crippen molar-refractivity contribution in [2.45, 2.75) is 6.92 Å². The van der Waals surface area contributed by atoms with Crippen LogP contribution in [0.15, 0.2) is 36.4 Å². The maximum Gasteiger partial charge on any atom is 0.269 e. The summed E-state index contributed by atoms with van der Waals surface area (Å²) in [4.78, 5) is 26.2. The zero-order valence-electron chi connectivity index (χ0n) is 15.9. The number of carbonyl (C=O) groups is 2. The van der Waals surface area contributed by atoms with Gasteiger partial charge in [0.15, 0.2) is 11.5 Å². The molecule has 0 aromatic heterocycles. The van der Waals surface area contributed by atoms with E-state index in [1.165, 1.54) is 34.3 Å². The number of hydrogen-bond donors (Lipinski definition) is 0. The topological polar surface area (TPSA) is 88.9 Å². The van der Waals surface area contributed by atoms with Crippen LogP contribution in [-0.4, -0.2) is 33.1 Å². The van der Waals surface area contributed by atoms with Crippen LogP contribution in [0.3, 0.4) is 0 Å². The van der Waals surface area contributed by atoms with Gasteiger partial charge in [-0.2, -0.15) is 5.26 Å². The number of imide groups is 1. The smallest absolute Gasteiger partial charge is 0.269 e. The first-order valence-electron chi connectivity index (χ1n) is 8.37. The number of benzene rings is 2. The molecule has 2 aromatic carbocycles. The van der Waals surface area contributed by atoms with E-state index < -0.39 is 11.8 Å². The fourth-order valence-corrected chi connectivity index (χ4v) is 3.21. The number of ether oxygens (including phenoxy) is 3. The van der Waals surface area contributed by atoms with E-state index >= 15 is 0 Å². The van der Waals surface area contributed by atoms with Crippen molar-refractivity contribution >= 4 is 28.8 Å². The number of nitriles is 1. The second kappa shape index (κ2) is 7.45. The van der Waals surface area contributed by atoms with Crippen molar-refractivity contribution in [3.8, 4) is 17.6 Å². The van der Waals surface area contributed by atoms with Gasteiger partial charge < -0.3 is 14.2 Å². The molecule has 28 heavy (non-hydrogen) atoms. The van der Waals surface area contributed by atoms with Crippen molar-refractivity contribution < 1.29 is 23.8 Å². The van der Waals surface area contributed by atoms with Gasteiger partial charge in [0.2, 0.25) is 5.91 Å². The molecule has 0 radical (unpaired) electrons. The fourth-order valence-electron chi connectivity index (χ4n) is 3.21. The standard InChI is InChI=1S/C21H18N2O5/c1-12(24)23-16-9-13(11-22)5-7-15(16)19(21(23)25)20(28-4)14-6-8-17(26-2)18(10-14)27-3/h5-10H,1-4H3. The summed E-state index contributed by atoms with van der Waals surface area (Å²) in [7, 11) is 4.49. The third-order valence-electron chi connectivity index (χ3n) is 4.45. The van der Waals surface area contributed by atoms with Crippen LogP contribution in [0.4, 0.5) is 5.69 Å². The van der Waals surface area contributed by atoms with Crippen molar-refractivity contribution in [1.82, 2.24) is 0 Å². The minimum Gasteiger partial charge on any atom is -0.495 e. The van der Waals surface area contributed by atoms with Crippen LogP contribution in [0.1, 0.15) is 23.6 Å². The Morgan fingerprint density at radius 3 is 2.32 bits per heavy atom. The first-order valence-corrected chi connectivity index (χ1v) is 8.37. The lowest BCUT2D eigenvalue weighted by Gasteiger charge is -2.14. The zero-order chi connectivity index (χ0) is 20.4. The highest BCUT2D eigenvalue weighted by Gasteiger charge is 2.38. The SMILES string of the molecule is COC(=C1C(=O)N(C(C)=O)c2cc(C#N)ccc21)c1ccc(OC)c(OC)c1. The van der Waals surface area contributed by atoms with E-state index in [2.05, 4.69) is 0 Å². The van der Waals surface area contributed by atoms with Crippen LogP contribution in [-0.2, 0) is 14.3 Å². The molecule has 0 fully saturated rings. The van der Waals surface area contributed by atoms with Gasteiger partial charge in [0.25, 0.3) is 5.91 Å². The molecule has 142 valence electrons. The van der Waals surface area contributed by atoms with E-state index in [-0.39, 0.29) is 5.57 Å². The minimum absolute atomic E-state index is 0.240. The van der Waals surface area contributed by atoms with Gasteiger partial charge in [-0.15, -0.1) is 0 Å². The molecule has 0 atom stereocenters. The molecule has 0 spiro atoms. The van der Waals surface area contributed by atoms with E-state index in [9.17, 15) is 9.59 Å². The number of nitrogens with zero attached hydrogens (tertiary/aromatic N) is 2. The summed E-state index contributed by atoms with van der Waals surface area (Å²) in [6.45, 7) is 1.30. The maximum atomic E-state index is 13.1. The van der Waals surface area contributed by atoms with Gasteiger partial charge in [-0.05, 0) is 30.3 Å². The number of amides is 2. The number of hydrogen-bond acceptors (Lipinski definition) is 6. The van der Waals surface area contributed by atoms with Crippen molar-refractivity contribution in [3.05, 3.63) is 53.1 Å². The summed E-state index contributed by atoms with van der Waals surface area (Å²) in [6, 6.07) is 11.9. The van der Waals surface area contributed by atoms with Crippen molar-refractivity contribution in [2.75, 3.05) is 26.2 Å². The predicted octanol–water partition coefficient (Wildman–Crippen LogP) is 2.98. The molecule has 0 bridgehead atoms. The lowest BCUT2D eigenvalue weighted by molar-refractivity contribution is -0.122. The average Bonchev–Trinajstić information content (AvgIpc) is 2.99. The van der Waals surface area contributed by atoms with Gasteiger partial charge in [-0.25, -0.2) is 4.90 Å². The monoisotopic (exact) mass is 378 g/mol. The second-order valence-corrected chi connectivity index (χ2v) is 5.98. The quantitative estimate of drug-likeness (QED) is 0.600. The summed E-state index contributed by atoms with van der Waals surface area (Å²) in [5.41, 5.74) is 2.06. The predicted molar refractivity (Wildman–Crippen MR) is 103 cm³/mol. The van der Waals surface area contributed by atoms with Gasteiger partial charge in [-0.1, -0.05) is 6.07 Å².